The van der Waals surface area contributed by atoms with Crippen molar-refractivity contribution in [3.8, 4) is 0 Å². The Kier molecular flexibility index (Phi) is 6.06. The second-order valence-corrected chi connectivity index (χ2v) is 6.47. The van der Waals surface area contributed by atoms with Crippen molar-refractivity contribution >= 4 is 29.9 Å². The molecule has 122 valence electrons. The zero-order chi connectivity index (χ0) is 14.7. The predicted octanol–water partition coefficient (Wildman–Crippen LogP) is 3.71. The first-order valence-corrected chi connectivity index (χ1v) is 8.00. The number of hydrogen-bond donors (Lipinski definition) is 2. The zero-order valence-electron chi connectivity index (χ0n) is 12.9. The Labute approximate surface area is 149 Å². The van der Waals surface area contributed by atoms with E-state index in [0.717, 1.165) is 18.4 Å². The molecule has 22 heavy (non-hydrogen) atoms. The van der Waals surface area contributed by atoms with Gasteiger partial charge in [-0.2, -0.15) is 0 Å². The number of nitrogens with zero attached hydrogens (tertiary/aromatic N) is 1. The third-order valence-corrected chi connectivity index (χ3v) is 4.80. The van der Waals surface area contributed by atoms with Crippen LogP contribution in [0.25, 0.3) is 0 Å². The Bertz CT molecular complexity index is 522. The van der Waals surface area contributed by atoms with Crippen molar-refractivity contribution in [2.45, 2.75) is 56.4 Å². The number of nitrogens with two attached hydrogens (primary N) is 1. The number of rotatable bonds is 4. The van der Waals surface area contributed by atoms with Crippen LogP contribution >= 0.6 is 24.0 Å². The van der Waals surface area contributed by atoms with Crippen LogP contribution in [0, 0.1) is 5.82 Å². The molecule has 0 heterocycles. The standard InChI is InChI=1S/C17H24FN3.HI/c18-14-6-4-5-13(11-14)17(9-10-17)12-20-16(19)21-15-7-2-1-3-8-15;/h4-6,11,15H,1-3,7-10,12H2,(H3,19,20,21);1H. The molecule has 0 atom stereocenters. The Morgan fingerprint density at radius 2 is 2.00 bits per heavy atom. The first-order valence-electron chi connectivity index (χ1n) is 8.00. The molecule has 1 aromatic rings. The highest BCUT2D eigenvalue weighted by molar-refractivity contribution is 14.0. The molecule has 3 rings (SSSR count). The molecule has 2 saturated carbocycles. The molecule has 0 radical (unpaired) electrons. The Balaban J connectivity index is 0.00000176. The van der Waals surface area contributed by atoms with E-state index in [-0.39, 0.29) is 35.2 Å². The highest BCUT2D eigenvalue weighted by atomic mass is 127. The monoisotopic (exact) mass is 417 g/mol. The van der Waals surface area contributed by atoms with Gasteiger partial charge in [0, 0.05) is 11.5 Å². The summed E-state index contributed by atoms with van der Waals surface area (Å²) < 4.78 is 13.4. The first kappa shape index (κ1) is 17.5. The van der Waals surface area contributed by atoms with Crippen molar-refractivity contribution in [1.29, 1.82) is 0 Å². The van der Waals surface area contributed by atoms with Crippen LogP contribution in [0.5, 0.6) is 0 Å². The smallest absolute Gasteiger partial charge is 0.188 e. The molecule has 2 fully saturated rings. The number of guanidine groups is 1. The van der Waals surface area contributed by atoms with Crippen molar-refractivity contribution in [1.82, 2.24) is 5.32 Å². The summed E-state index contributed by atoms with van der Waals surface area (Å²) in [6.07, 6.45) is 8.39. The Hall–Kier alpha value is -0.850. The number of nitrogens with one attached hydrogen (secondary N) is 1. The van der Waals surface area contributed by atoms with Crippen LogP contribution in [0.3, 0.4) is 0 Å². The summed E-state index contributed by atoms with van der Waals surface area (Å²) in [6.45, 7) is 0.655. The van der Waals surface area contributed by atoms with Crippen molar-refractivity contribution < 1.29 is 4.39 Å². The fourth-order valence-electron chi connectivity index (χ4n) is 3.25. The van der Waals surface area contributed by atoms with Crippen LogP contribution in [-0.2, 0) is 5.41 Å². The summed E-state index contributed by atoms with van der Waals surface area (Å²) in [5, 5.41) is 3.34. The molecule has 5 heteroatoms. The summed E-state index contributed by atoms with van der Waals surface area (Å²) in [5.41, 5.74) is 7.08. The summed E-state index contributed by atoms with van der Waals surface area (Å²) >= 11 is 0. The average Bonchev–Trinajstić information content (AvgIpc) is 3.28. The molecule has 0 bridgehead atoms. The van der Waals surface area contributed by atoms with Crippen molar-refractivity contribution in [3.63, 3.8) is 0 Å². The summed E-state index contributed by atoms with van der Waals surface area (Å²) in [6, 6.07) is 7.37. The number of halogens is 2. The molecule has 0 unspecified atom stereocenters. The van der Waals surface area contributed by atoms with E-state index >= 15 is 0 Å². The van der Waals surface area contributed by atoms with Crippen LogP contribution in [0.4, 0.5) is 4.39 Å². The molecular formula is C17H25FIN3. The van der Waals surface area contributed by atoms with Crippen LogP contribution in [-0.4, -0.2) is 18.5 Å². The zero-order valence-corrected chi connectivity index (χ0v) is 15.2. The van der Waals surface area contributed by atoms with E-state index in [0.29, 0.717) is 18.5 Å². The van der Waals surface area contributed by atoms with E-state index < -0.39 is 0 Å². The Morgan fingerprint density at radius 1 is 1.27 bits per heavy atom. The molecule has 0 aliphatic heterocycles. The Morgan fingerprint density at radius 3 is 2.64 bits per heavy atom. The minimum Gasteiger partial charge on any atom is -0.370 e. The number of hydrogen-bond acceptors (Lipinski definition) is 1. The van der Waals surface area contributed by atoms with Crippen molar-refractivity contribution in [2.75, 3.05) is 6.54 Å². The number of benzene rings is 1. The van der Waals surface area contributed by atoms with Gasteiger partial charge in [-0.05, 0) is 43.4 Å². The van der Waals surface area contributed by atoms with Crippen LogP contribution < -0.4 is 11.1 Å². The molecule has 0 saturated heterocycles. The molecule has 3 N–H and O–H groups in total. The summed E-state index contributed by atoms with van der Waals surface area (Å²) in [5.74, 6) is 0.376. The molecule has 0 amide bonds. The lowest BCUT2D eigenvalue weighted by molar-refractivity contribution is 0.412. The van der Waals surface area contributed by atoms with Crippen LogP contribution in [0.15, 0.2) is 29.3 Å². The SMILES string of the molecule is I.NC(=NCC1(c2cccc(F)c2)CC1)NC1CCCCC1. The minimum absolute atomic E-state index is 0. The van der Waals surface area contributed by atoms with Gasteiger partial charge in [-0.15, -0.1) is 24.0 Å². The van der Waals surface area contributed by atoms with Gasteiger partial charge in [0.15, 0.2) is 5.96 Å². The molecule has 0 aromatic heterocycles. The van der Waals surface area contributed by atoms with Crippen molar-refractivity contribution in [3.05, 3.63) is 35.6 Å². The quantitative estimate of drug-likeness (QED) is 0.446. The maximum Gasteiger partial charge on any atom is 0.188 e. The second-order valence-electron chi connectivity index (χ2n) is 6.47. The molecular weight excluding hydrogens is 392 g/mol. The summed E-state index contributed by atoms with van der Waals surface area (Å²) in [7, 11) is 0. The fourth-order valence-corrected chi connectivity index (χ4v) is 3.25. The lowest BCUT2D eigenvalue weighted by atomic mass is 9.95. The van der Waals surface area contributed by atoms with E-state index in [9.17, 15) is 4.39 Å². The van der Waals surface area contributed by atoms with Gasteiger partial charge in [0.2, 0.25) is 0 Å². The van der Waals surface area contributed by atoms with Crippen LogP contribution in [0.2, 0.25) is 0 Å². The third kappa shape index (κ3) is 4.33. The van der Waals surface area contributed by atoms with Crippen molar-refractivity contribution in [2.24, 2.45) is 10.7 Å². The first-order chi connectivity index (χ1) is 10.2. The normalized spacial score (nSPS) is 21.0. The van der Waals surface area contributed by atoms with Gasteiger partial charge < -0.3 is 11.1 Å². The molecule has 2 aliphatic rings. The fraction of sp³-hybridized carbons (Fsp3) is 0.588. The van der Waals surface area contributed by atoms with Gasteiger partial charge in [0.1, 0.15) is 5.82 Å². The van der Waals surface area contributed by atoms with E-state index in [1.54, 1.807) is 12.1 Å². The second kappa shape index (κ2) is 7.62. The van der Waals surface area contributed by atoms with E-state index in [1.165, 1.54) is 38.2 Å². The molecule has 2 aliphatic carbocycles. The van der Waals surface area contributed by atoms with Gasteiger partial charge in [0.25, 0.3) is 0 Å². The van der Waals surface area contributed by atoms with Gasteiger partial charge >= 0.3 is 0 Å². The highest BCUT2D eigenvalue weighted by Gasteiger charge is 2.44. The maximum atomic E-state index is 13.4. The molecule has 0 spiro atoms. The van der Waals surface area contributed by atoms with Crippen LogP contribution in [0.1, 0.15) is 50.5 Å². The maximum absolute atomic E-state index is 13.4. The number of aliphatic imine (C=N–C) groups is 1. The lowest BCUT2D eigenvalue weighted by Gasteiger charge is -2.23. The van der Waals surface area contributed by atoms with E-state index in [4.69, 9.17) is 5.73 Å². The van der Waals surface area contributed by atoms with Gasteiger partial charge in [-0.3, -0.25) is 4.99 Å². The van der Waals surface area contributed by atoms with E-state index in [2.05, 4.69) is 10.3 Å². The lowest BCUT2D eigenvalue weighted by Crippen LogP contribution is -2.41. The van der Waals surface area contributed by atoms with Gasteiger partial charge in [-0.1, -0.05) is 31.4 Å². The topological polar surface area (TPSA) is 50.4 Å². The summed E-state index contributed by atoms with van der Waals surface area (Å²) in [4.78, 5) is 4.52. The van der Waals surface area contributed by atoms with Gasteiger partial charge in [-0.25, -0.2) is 4.39 Å². The van der Waals surface area contributed by atoms with E-state index in [1.807, 2.05) is 6.07 Å². The highest BCUT2D eigenvalue weighted by Crippen LogP contribution is 2.48. The average molecular weight is 417 g/mol. The minimum atomic E-state index is -0.170. The largest absolute Gasteiger partial charge is 0.370 e. The van der Waals surface area contributed by atoms with Gasteiger partial charge in [0.05, 0.1) is 6.54 Å². The third-order valence-electron chi connectivity index (χ3n) is 4.80. The molecule has 1 aromatic carbocycles. The molecule has 3 nitrogen and oxygen atoms in total. The predicted molar refractivity (Wildman–Crippen MR) is 99.2 cm³/mol.